The van der Waals surface area contributed by atoms with Gasteiger partial charge in [0, 0.05) is 17.8 Å². The van der Waals surface area contributed by atoms with E-state index in [1.165, 1.54) is 39.2 Å². The van der Waals surface area contributed by atoms with Gasteiger partial charge in [-0.3, -0.25) is 4.99 Å². The van der Waals surface area contributed by atoms with Crippen molar-refractivity contribution < 1.29 is 0 Å². The van der Waals surface area contributed by atoms with Crippen molar-refractivity contribution in [2.24, 2.45) is 4.99 Å². The van der Waals surface area contributed by atoms with E-state index in [2.05, 4.69) is 59.6 Å². The van der Waals surface area contributed by atoms with Crippen LogP contribution < -0.4 is 0 Å². The van der Waals surface area contributed by atoms with Gasteiger partial charge in [0.1, 0.15) is 0 Å². The highest BCUT2D eigenvalue weighted by Gasteiger charge is 2.12. The molecule has 1 aliphatic heterocycles. The number of hydrogen-bond donors (Lipinski definition) is 0. The topological polar surface area (TPSA) is 12.4 Å². The van der Waals surface area contributed by atoms with Crippen molar-refractivity contribution in [1.82, 2.24) is 0 Å². The summed E-state index contributed by atoms with van der Waals surface area (Å²) in [5.74, 6) is 0. The lowest BCUT2D eigenvalue weighted by molar-refractivity contribution is 0.951. The Morgan fingerprint density at radius 3 is 2.53 bits per heavy atom. The molecule has 0 bridgehead atoms. The van der Waals surface area contributed by atoms with Crippen LogP contribution in [0.4, 0.5) is 0 Å². The van der Waals surface area contributed by atoms with Crippen LogP contribution >= 0.6 is 0 Å². The summed E-state index contributed by atoms with van der Waals surface area (Å²) in [5, 5.41) is 5.31. The number of aliphatic imine (C=N–C) groups is 1. The fraction of sp³-hybridized carbons (Fsp3) is 0.167. The standard InChI is InChI=1S/C18H15N/c1-2-6-14-13(5-1)10-11-16-15(14)7-3-8-17(16)18-9-4-12-19-18/h1-3,5-8,10-11H,4,9,12H2. The minimum absolute atomic E-state index is 0.985. The zero-order valence-electron chi connectivity index (χ0n) is 10.8. The number of nitrogens with zero attached hydrogens (tertiary/aromatic N) is 1. The van der Waals surface area contributed by atoms with E-state index in [1.807, 2.05) is 0 Å². The average Bonchev–Trinajstić information content (AvgIpc) is 3.00. The molecule has 0 amide bonds. The number of fused-ring (bicyclic) bond motifs is 3. The van der Waals surface area contributed by atoms with Crippen molar-refractivity contribution in [3.05, 3.63) is 60.2 Å². The summed E-state index contributed by atoms with van der Waals surface area (Å²) in [4.78, 5) is 4.65. The van der Waals surface area contributed by atoms with Crippen LogP contribution in [0.2, 0.25) is 0 Å². The highest BCUT2D eigenvalue weighted by atomic mass is 14.8. The number of hydrogen-bond acceptors (Lipinski definition) is 1. The molecule has 1 nitrogen and oxygen atoms in total. The second kappa shape index (κ2) is 4.20. The van der Waals surface area contributed by atoms with Crippen molar-refractivity contribution in [3.8, 4) is 0 Å². The summed E-state index contributed by atoms with van der Waals surface area (Å²) in [6.07, 6.45) is 2.31. The number of rotatable bonds is 1. The molecule has 0 N–H and O–H groups in total. The Balaban J connectivity index is 2.09. The predicted octanol–water partition coefficient (Wildman–Crippen LogP) is 4.58. The molecule has 0 saturated carbocycles. The van der Waals surface area contributed by atoms with Crippen molar-refractivity contribution >= 4 is 27.3 Å². The van der Waals surface area contributed by atoms with Crippen LogP contribution in [0.5, 0.6) is 0 Å². The maximum atomic E-state index is 4.65. The summed E-state index contributed by atoms with van der Waals surface area (Å²) >= 11 is 0. The zero-order chi connectivity index (χ0) is 12.7. The second-order valence-corrected chi connectivity index (χ2v) is 5.12. The molecule has 0 atom stereocenters. The van der Waals surface area contributed by atoms with Gasteiger partial charge >= 0.3 is 0 Å². The van der Waals surface area contributed by atoms with E-state index in [1.54, 1.807) is 0 Å². The van der Waals surface area contributed by atoms with Gasteiger partial charge in [-0.25, -0.2) is 0 Å². The van der Waals surface area contributed by atoms with Crippen LogP contribution in [-0.2, 0) is 0 Å². The number of benzene rings is 3. The molecule has 92 valence electrons. The lowest BCUT2D eigenvalue weighted by Gasteiger charge is -2.09. The second-order valence-electron chi connectivity index (χ2n) is 5.12. The molecule has 0 radical (unpaired) electrons. The van der Waals surface area contributed by atoms with E-state index >= 15 is 0 Å². The Hall–Kier alpha value is -2.15. The van der Waals surface area contributed by atoms with Crippen LogP contribution in [0.25, 0.3) is 21.5 Å². The molecule has 0 unspecified atom stereocenters. The molecule has 19 heavy (non-hydrogen) atoms. The lowest BCUT2D eigenvalue weighted by Crippen LogP contribution is -1.97. The quantitative estimate of drug-likeness (QED) is 0.557. The van der Waals surface area contributed by atoms with Gasteiger partial charge in [-0.2, -0.15) is 0 Å². The van der Waals surface area contributed by atoms with Gasteiger partial charge in [0.05, 0.1) is 0 Å². The molecule has 3 aromatic rings. The van der Waals surface area contributed by atoms with E-state index in [0.717, 1.165) is 13.0 Å². The third-order valence-electron chi connectivity index (χ3n) is 3.97. The minimum atomic E-state index is 0.985. The maximum absolute atomic E-state index is 4.65. The zero-order valence-corrected chi connectivity index (χ0v) is 10.8. The molecule has 0 spiro atoms. The van der Waals surface area contributed by atoms with Crippen molar-refractivity contribution in [2.75, 3.05) is 6.54 Å². The minimum Gasteiger partial charge on any atom is -0.289 e. The summed E-state index contributed by atoms with van der Waals surface area (Å²) in [6, 6.07) is 19.6. The molecule has 1 aliphatic rings. The van der Waals surface area contributed by atoms with Gasteiger partial charge in [-0.1, -0.05) is 54.6 Å². The molecule has 0 aliphatic carbocycles. The van der Waals surface area contributed by atoms with E-state index in [0.29, 0.717) is 0 Å². The van der Waals surface area contributed by atoms with Gasteiger partial charge in [-0.05, 0) is 34.4 Å². The molecule has 1 heteroatoms. The van der Waals surface area contributed by atoms with Crippen LogP contribution in [0, 0.1) is 0 Å². The Bertz CT molecular complexity index is 799. The summed E-state index contributed by atoms with van der Waals surface area (Å²) in [5.41, 5.74) is 2.60. The smallest absolute Gasteiger partial charge is 0.0427 e. The Morgan fingerprint density at radius 2 is 1.63 bits per heavy atom. The first-order chi connectivity index (χ1) is 9.43. The van der Waals surface area contributed by atoms with Crippen LogP contribution in [0.3, 0.4) is 0 Å². The first-order valence-electron chi connectivity index (χ1n) is 6.88. The Morgan fingerprint density at radius 1 is 0.737 bits per heavy atom. The monoisotopic (exact) mass is 245 g/mol. The van der Waals surface area contributed by atoms with E-state index in [-0.39, 0.29) is 0 Å². The molecule has 4 rings (SSSR count). The summed E-state index contributed by atoms with van der Waals surface area (Å²) in [7, 11) is 0. The third kappa shape index (κ3) is 1.66. The van der Waals surface area contributed by atoms with Crippen molar-refractivity contribution in [3.63, 3.8) is 0 Å². The fourth-order valence-corrected chi connectivity index (χ4v) is 3.05. The third-order valence-corrected chi connectivity index (χ3v) is 3.97. The fourth-order valence-electron chi connectivity index (χ4n) is 3.05. The average molecular weight is 245 g/mol. The normalized spacial score (nSPS) is 15.1. The van der Waals surface area contributed by atoms with Gasteiger partial charge in [-0.15, -0.1) is 0 Å². The van der Waals surface area contributed by atoms with Gasteiger partial charge in [0.15, 0.2) is 0 Å². The molecule has 0 aromatic heterocycles. The van der Waals surface area contributed by atoms with Crippen molar-refractivity contribution in [2.45, 2.75) is 12.8 Å². The molecule has 0 saturated heterocycles. The van der Waals surface area contributed by atoms with Gasteiger partial charge in [0.25, 0.3) is 0 Å². The summed E-state index contributed by atoms with van der Waals surface area (Å²) in [6.45, 7) is 0.985. The molecule has 0 fully saturated rings. The maximum Gasteiger partial charge on any atom is 0.0427 e. The molecule has 1 heterocycles. The van der Waals surface area contributed by atoms with Gasteiger partial charge < -0.3 is 0 Å². The molecular formula is C18H15N. The Labute approximate surface area is 112 Å². The highest BCUT2D eigenvalue weighted by Crippen LogP contribution is 2.29. The van der Waals surface area contributed by atoms with E-state index in [4.69, 9.17) is 0 Å². The summed E-state index contributed by atoms with van der Waals surface area (Å²) < 4.78 is 0. The first-order valence-corrected chi connectivity index (χ1v) is 6.88. The predicted molar refractivity (Wildman–Crippen MR) is 82.1 cm³/mol. The van der Waals surface area contributed by atoms with Crippen LogP contribution in [0.1, 0.15) is 18.4 Å². The lowest BCUT2D eigenvalue weighted by atomic mass is 9.95. The Kier molecular flexibility index (Phi) is 2.37. The van der Waals surface area contributed by atoms with E-state index < -0.39 is 0 Å². The SMILES string of the molecule is c1ccc2c(c1)ccc1c(C3=NCCC3)cccc12. The molecule has 3 aromatic carbocycles. The van der Waals surface area contributed by atoms with Crippen LogP contribution in [-0.4, -0.2) is 12.3 Å². The van der Waals surface area contributed by atoms with E-state index in [9.17, 15) is 0 Å². The molecular weight excluding hydrogens is 230 g/mol. The highest BCUT2D eigenvalue weighted by molar-refractivity contribution is 6.17. The van der Waals surface area contributed by atoms with Crippen molar-refractivity contribution in [1.29, 1.82) is 0 Å². The van der Waals surface area contributed by atoms with Gasteiger partial charge in [0.2, 0.25) is 0 Å². The van der Waals surface area contributed by atoms with Crippen LogP contribution in [0.15, 0.2) is 59.6 Å². The first kappa shape index (κ1) is 10.7. The largest absolute Gasteiger partial charge is 0.289 e.